The van der Waals surface area contributed by atoms with E-state index in [9.17, 15) is 22.4 Å². The van der Waals surface area contributed by atoms with Crippen LogP contribution in [-0.4, -0.2) is 49.5 Å². The molecule has 0 aliphatic rings. The highest BCUT2D eigenvalue weighted by Crippen LogP contribution is 2.32. The Hall–Kier alpha value is -6.77. The van der Waals surface area contributed by atoms with Crippen LogP contribution in [0.3, 0.4) is 0 Å². The number of imidazole rings is 1. The Balaban J connectivity index is 1.18. The Kier molecular flexibility index (Phi) is 9.69. The second-order valence-electron chi connectivity index (χ2n) is 12.4. The number of fused-ring (bicyclic) bond motifs is 1. The van der Waals surface area contributed by atoms with E-state index in [0.29, 0.717) is 53.6 Å². The molecule has 54 heavy (non-hydrogen) atoms. The normalized spacial score (nSPS) is 11.5. The van der Waals surface area contributed by atoms with E-state index in [2.05, 4.69) is 25.4 Å². The number of nitrogens with zero attached hydrogens (tertiary/aromatic N) is 7. The zero-order chi connectivity index (χ0) is 38.0. The molecule has 0 aliphatic carbocycles. The molecule has 0 unspecified atom stereocenters. The molecule has 0 saturated heterocycles. The van der Waals surface area contributed by atoms with Gasteiger partial charge in [0.15, 0.2) is 11.5 Å². The lowest BCUT2D eigenvalue weighted by molar-refractivity contribution is -0.137. The van der Waals surface area contributed by atoms with Crippen LogP contribution in [-0.2, 0) is 19.3 Å². The summed E-state index contributed by atoms with van der Waals surface area (Å²) in [5.74, 6) is 0.0414. The van der Waals surface area contributed by atoms with Crippen LogP contribution in [0.15, 0.2) is 110 Å². The molecule has 11 nitrogen and oxygen atoms in total. The number of benzene rings is 4. The van der Waals surface area contributed by atoms with E-state index < -0.39 is 29.0 Å². The third-order valence-electron chi connectivity index (χ3n) is 8.73. The topological polar surface area (TPSA) is 112 Å². The third kappa shape index (κ3) is 7.55. The molecule has 0 atom stereocenters. The van der Waals surface area contributed by atoms with E-state index in [-0.39, 0.29) is 5.69 Å². The van der Waals surface area contributed by atoms with E-state index in [1.807, 2.05) is 55.5 Å². The number of hydrogen-bond acceptors (Lipinski definition) is 8. The Bertz CT molecular complexity index is 2400. The number of methoxy groups -OCH3 is 2. The summed E-state index contributed by atoms with van der Waals surface area (Å²) in [6, 6.07) is 22.3. The van der Waals surface area contributed by atoms with Crippen molar-refractivity contribution >= 4 is 23.1 Å². The molecule has 0 aliphatic heterocycles. The van der Waals surface area contributed by atoms with Gasteiger partial charge in [0.1, 0.15) is 23.6 Å². The quantitative estimate of drug-likeness (QED) is 0.133. The fraction of sp³-hybridized carbons (Fsp3) is 0.154. The zero-order valence-electron chi connectivity index (χ0n) is 29.2. The van der Waals surface area contributed by atoms with Gasteiger partial charge in [-0.25, -0.2) is 23.6 Å². The first-order chi connectivity index (χ1) is 26.0. The lowest BCUT2D eigenvalue weighted by atomic mass is 10.1. The molecule has 7 rings (SSSR count). The van der Waals surface area contributed by atoms with Gasteiger partial charge in [-0.2, -0.15) is 23.4 Å². The van der Waals surface area contributed by atoms with Crippen LogP contribution in [0.25, 0.3) is 22.6 Å². The number of amides is 1. The molecule has 0 radical (unpaired) electrons. The van der Waals surface area contributed by atoms with Crippen molar-refractivity contribution < 1.29 is 31.8 Å². The predicted molar refractivity (Wildman–Crippen MR) is 193 cm³/mol. The zero-order valence-corrected chi connectivity index (χ0v) is 29.2. The summed E-state index contributed by atoms with van der Waals surface area (Å²) in [4.78, 5) is 24.4. The summed E-state index contributed by atoms with van der Waals surface area (Å²) < 4.78 is 67.7. The largest absolute Gasteiger partial charge is 0.497 e. The summed E-state index contributed by atoms with van der Waals surface area (Å²) in [5.41, 5.74) is 3.84. The lowest BCUT2D eigenvalue weighted by Crippen LogP contribution is -2.24. The van der Waals surface area contributed by atoms with Crippen molar-refractivity contribution in [2.75, 3.05) is 24.4 Å². The van der Waals surface area contributed by atoms with Crippen LogP contribution in [0, 0.1) is 12.7 Å². The van der Waals surface area contributed by atoms with Gasteiger partial charge >= 0.3 is 6.18 Å². The molecule has 0 saturated carbocycles. The number of aryl methyl sites for hydroxylation is 1. The highest BCUT2D eigenvalue weighted by atomic mass is 19.4. The number of carbonyl (C=O) groups excluding carboxylic acids is 1. The molecule has 1 amide bonds. The molecule has 7 aromatic rings. The van der Waals surface area contributed by atoms with Gasteiger partial charge in [-0.3, -0.25) is 4.79 Å². The molecule has 3 aromatic heterocycles. The number of carbonyl (C=O) groups is 1. The summed E-state index contributed by atoms with van der Waals surface area (Å²) in [5, 5.41) is 11.6. The summed E-state index contributed by atoms with van der Waals surface area (Å²) in [6.07, 6.45) is 1.76. The van der Waals surface area contributed by atoms with Gasteiger partial charge in [-0.1, -0.05) is 30.3 Å². The molecule has 4 aromatic carbocycles. The molecular formula is C39H32F4N8O3. The van der Waals surface area contributed by atoms with Gasteiger partial charge < -0.3 is 19.7 Å². The van der Waals surface area contributed by atoms with Crippen LogP contribution in [0.4, 0.5) is 29.1 Å². The number of hydrogen-bond donors (Lipinski definition) is 1. The minimum absolute atomic E-state index is 0.275. The Morgan fingerprint density at radius 3 is 2.13 bits per heavy atom. The van der Waals surface area contributed by atoms with Gasteiger partial charge in [-0.05, 0) is 78.2 Å². The van der Waals surface area contributed by atoms with Crippen molar-refractivity contribution in [2.45, 2.75) is 26.2 Å². The summed E-state index contributed by atoms with van der Waals surface area (Å²) >= 11 is 0. The number of aromatic nitrogens is 6. The number of rotatable bonds is 11. The highest BCUT2D eigenvalue weighted by molar-refractivity contribution is 6.04. The molecular weight excluding hydrogens is 704 g/mol. The SMILES string of the molecule is COc1ccc(CN(Cc2ccc(OC)cc2)c2ncnn3c(-c4cnn(-c5cc(NC(=O)c6cc(F)cc(C(F)(F)F)c6)ccc5C)c4)cnc23)cc1. The van der Waals surface area contributed by atoms with Crippen molar-refractivity contribution in [1.82, 2.24) is 29.4 Å². The van der Waals surface area contributed by atoms with Crippen LogP contribution < -0.4 is 19.7 Å². The van der Waals surface area contributed by atoms with Gasteiger partial charge in [0.2, 0.25) is 0 Å². The molecule has 1 N–H and O–H groups in total. The summed E-state index contributed by atoms with van der Waals surface area (Å²) in [7, 11) is 3.25. The standard InChI is InChI=1S/C39H32F4N8O3/c1-24-4-9-31(48-38(52)27-14-29(39(41,42)43)16-30(40)15-27)17-34(24)50-22-28(18-46-50)35-19-44-37-36(45-23-47-51(35)37)49(20-25-5-10-32(53-2)11-6-25)21-26-7-12-33(54-3)13-8-26/h4-19,22-23H,20-21H2,1-3H3,(H,48,52). The Labute approximate surface area is 306 Å². The maximum Gasteiger partial charge on any atom is 0.416 e. The molecule has 0 fully saturated rings. The smallest absolute Gasteiger partial charge is 0.416 e. The lowest BCUT2D eigenvalue weighted by Gasteiger charge is -2.24. The van der Waals surface area contributed by atoms with E-state index in [1.54, 1.807) is 60.2 Å². The maximum absolute atomic E-state index is 14.0. The van der Waals surface area contributed by atoms with Crippen LogP contribution >= 0.6 is 0 Å². The van der Waals surface area contributed by atoms with Crippen molar-refractivity contribution in [2.24, 2.45) is 0 Å². The average molecular weight is 737 g/mol. The van der Waals surface area contributed by atoms with Gasteiger partial charge in [0.25, 0.3) is 5.91 Å². The van der Waals surface area contributed by atoms with E-state index in [0.717, 1.165) is 34.3 Å². The maximum atomic E-state index is 14.0. The van der Waals surface area contributed by atoms with E-state index in [4.69, 9.17) is 14.5 Å². The van der Waals surface area contributed by atoms with Gasteiger partial charge in [0, 0.05) is 36.1 Å². The van der Waals surface area contributed by atoms with Crippen LogP contribution in [0.5, 0.6) is 11.5 Å². The monoisotopic (exact) mass is 736 g/mol. The van der Waals surface area contributed by atoms with E-state index in [1.165, 1.54) is 6.33 Å². The highest BCUT2D eigenvalue weighted by Gasteiger charge is 2.32. The number of alkyl halides is 3. The minimum Gasteiger partial charge on any atom is -0.497 e. The fourth-order valence-corrected chi connectivity index (χ4v) is 5.94. The predicted octanol–water partition coefficient (Wildman–Crippen LogP) is 7.92. The van der Waals surface area contributed by atoms with Crippen LogP contribution in [0.1, 0.15) is 32.6 Å². The van der Waals surface area contributed by atoms with E-state index >= 15 is 0 Å². The van der Waals surface area contributed by atoms with Crippen molar-refractivity contribution in [3.8, 4) is 28.4 Å². The first-order valence-electron chi connectivity index (χ1n) is 16.5. The molecule has 3 heterocycles. The minimum atomic E-state index is -4.81. The summed E-state index contributed by atoms with van der Waals surface area (Å²) in [6.45, 7) is 2.87. The molecule has 15 heteroatoms. The second kappa shape index (κ2) is 14.7. The number of ether oxygens (including phenoxy) is 2. The average Bonchev–Trinajstić information content (AvgIpc) is 3.83. The second-order valence-corrected chi connectivity index (χ2v) is 12.4. The third-order valence-corrected chi connectivity index (χ3v) is 8.73. The first kappa shape index (κ1) is 35.6. The van der Waals surface area contributed by atoms with Crippen molar-refractivity contribution in [3.63, 3.8) is 0 Å². The first-order valence-corrected chi connectivity index (χ1v) is 16.5. The molecule has 0 bridgehead atoms. The van der Waals surface area contributed by atoms with Crippen molar-refractivity contribution in [3.05, 3.63) is 143 Å². The molecule has 0 spiro atoms. The van der Waals surface area contributed by atoms with Gasteiger partial charge in [-0.15, -0.1) is 0 Å². The fourth-order valence-electron chi connectivity index (χ4n) is 5.94. The van der Waals surface area contributed by atoms with Crippen molar-refractivity contribution in [1.29, 1.82) is 0 Å². The molecule has 274 valence electrons. The van der Waals surface area contributed by atoms with Crippen LogP contribution in [0.2, 0.25) is 0 Å². The van der Waals surface area contributed by atoms with Gasteiger partial charge in [0.05, 0.1) is 43.6 Å². The number of nitrogens with one attached hydrogen (secondary N) is 1. The Morgan fingerprint density at radius 2 is 1.50 bits per heavy atom. The number of anilines is 2. The Morgan fingerprint density at radius 1 is 0.833 bits per heavy atom. The number of halogens is 4.